The average molecular weight is 315 g/mol. The van der Waals surface area contributed by atoms with Crippen molar-refractivity contribution in [3.8, 4) is 5.75 Å². The number of allylic oxidation sites excluding steroid dienone is 3. The number of carbonyl (C=O) groups excluding carboxylic acids is 1. The summed E-state index contributed by atoms with van der Waals surface area (Å²) in [4.78, 5) is 14.0. The van der Waals surface area contributed by atoms with Crippen LogP contribution in [0.2, 0.25) is 0 Å². The Hall–Kier alpha value is -1.87. The first kappa shape index (κ1) is 19.2. The fourth-order valence-corrected chi connectivity index (χ4v) is 2.87. The topological polar surface area (TPSA) is 29.5 Å². The van der Waals surface area contributed by atoms with Gasteiger partial charge in [-0.3, -0.25) is 0 Å². The first-order valence-corrected chi connectivity index (χ1v) is 8.23. The summed E-state index contributed by atoms with van der Waals surface area (Å²) in [6.45, 7) is 7.41. The zero-order valence-corrected chi connectivity index (χ0v) is 15.0. The van der Waals surface area contributed by atoms with Crippen LogP contribution in [0.25, 0.3) is 0 Å². The van der Waals surface area contributed by atoms with Crippen LogP contribution < -0.4 is 4.74 Å². The zero-order valence-electron chi connectivity index (χ0n) is 15.0. The molecule has 2 atom stereocenters. The van der Waals surface area contributed by atoms with E-state index in [0.717, 1.165) is 13.0 Å². The van der Waals surface area contributed by atoms with Crippen LogP contribution in [0.15, 0.2) is 48.6 Å². The van der Waals surface area contributed by atoms with E-state index in [1.807, 2.05) is 31.2 Å². The lowest BCUT2D eigenvalue weighted by atomic mass is 9.85. The molecule has 0 radical (unpaired) electrons. The first-order valence-electron chi connectivity index (χ1n) is 8.23. The van der Waals surface area contributed by atoms with Crippen LogP contribution in [-0.4, -0.2) is 31.5 Å². The Balaban J connectivity index is 2.83. The van der Waals surface area contributed by atoms with E-state index in [1.165, 1.54) is 11.6 Å². The van der Waals surface area contributed by atoms with Crippen molar-refractivity contribution in [3.63, 3.8) is 0 Å². The van der Waals surface area contributed by atoms with E-state index in [2.05, 4.69) is 38.9 Å². The molecule has 0 aromatic heterocycles. The highest BCUT2D eigenvalue weighted by Crippen LogP contribution is 2.30. The van der Waals surface area contributed by atoms with Gasteiger partial charge in [0.05, 0.1) is 0 Å². The molecule has 0 aliphatic heterocycles. The molecule has 1 aromatic carbocycles. The number of carbonyl (C=O) groups is 1. The van der Waals surface area contributed by atoms with E-state index in [4.69, 9.17) is 4.74 Å². The third kappa shape index (κ3) is 6.83. The van der Waals surface area contributed by atoms with Gasteiger partial charge in [-0.15, -0.1) is 0 Å². The second-order valence-electron chi connectivity index (χ2n) is 6.13. The summed E-state index contributed by atoms with van der Waals surface area (Å²) in [7, 11) is 4.19. The quantitative estimate of drug-likeness (QED) is 0.308. The Labute approximate surface area is 140 Å². The number of hydrogen-bond acceptors (Lipinski definition) is 3. The number of nitrogens with zero attached hydrogens (tertiary/aromatic N) is 1. The van der Waals surface area contributed by atoms with Crippen LogP contribution in [0.1, 0.15) is 38.7 Å². The van der Waals surface area contributed by atoms with Gasteiger partial charge in [-0.2, -0.15) is 0 Å². The van der Waals surface area contributed by atoms with Gasteiger partial charge < -0.3 is 9.64 Å². The molecule has 0 spiro atoms. The van der Waals surface area contributed by atoms with Crippen LogP contribution in [-0.2, 0) is 4.79 Å². The van der Waals surface area contributed by atoms with Crippen molar-refractivity contribution in [3.05, 3.63) is 54.1 Å². The molecule has 3 nitrogen and oxygen atoms in total. The highest BCUT2D eigenvalue weighted by atomic mass is 16.5. The number of ether oxygens (including phenoxy) is 1. The van der Waals surface area contributed by atoms with Crippen LogP contribution >= 0.6 is 0 Å². The summed E-state index contributed by atoms with van der Waals surface area (Å²) < 4.78 is 5.39. The van der Waals surface area contributed by atoms with E-state index in [9.17, 15) is 4.79 Å². The summed E-state index contributed by atoms with van der Waals surface area (Å²) in [6.07, 6.45) is 7.84. The molecule has 0 N–H and O–H groups in total. The van der Waals surface area contributed by atoms with Crippen molar-refractivity contribution in [2.75, 3.05) is 20.6 Å². The highest BCUT2D eigenvalue weighted by molar-refractivity contribution is 5.84. The second kappa shape index (κ2) is 10.0. The Kier molecular flexibility index (Phi) is 8.35. The van der Waals surface area contributed by atoms with Gasteiger partial charge >= 0.3 is 5.97 Å². The predicted octanol–water partition coefficient (Wildman–Crippen LogP) is 4.42. The van der Waals surface area contributed by atoms with Crippen molar-refractivity contribution < 1.29 is 9.53 Å². The first-order chi connectivity index (χ1) is 11.0. The van der Waals surface area contributed by atoms with Gasteiger partial charge in [0.2, 0.25) is 0 Å². The Morgan fingerprint density at radius 3 is 2.65 bits per heavy atom. The molecule has 0 aliphatic rings. The minimum Gasteiger partial charge on any atom is -0.423 e. The second-order valence-corrected chi connectivity index (χ2v) is 6.13. The number of esters is 1. The average Bonchev–Trinajstić information content (AvgIpc) is 2.48. The Morgan fingerprint density at radius 1 is 1.30 bits per heavy atom. The maximum Gasteiger partial charge on any atom is 0.336 e. The fourth-order valence-electron chi connectivity index (χ4n) is 2.87. The highest BCUT2D eigenvalue weighted by Gasteiger charge is 2.19. The van der Waals surface area contributed by atoms with Crippen molar-refractivity contribution in [1.29, 1.82) is 0 Å². The maximum atomic E-state index is 11.8. The summed E-state index contributed by atoms with van der Waals surface area (Å²) in [5, 5.41) is 0. The third-order valence-corrected chi connectivity index (χ3v) is 3.82. The monoisotopic (exact) mass is 315 g/mol. The third-order valence-electron chi connectivity index (χ3n) is 3.82. The molecular formula is C20H29NO2. The van der Waals surface area contributed by atoms with Gasteiger partial charge in [-0.1, -0.05) is 44.2 Å². The summed E-state index contributed by atoms with van der Waals surface area (Å²) in [5.74, 6) is 1.24. The molecular weight excluding hydrogens is 286 g/mol. The molecule has 3 heteroatoms. The Morgan fingerprint density at radius 2 is 2.04 bits per heavy atom. The molecule has 0 aliphatic carbocycles. The van der Waals surface area contributed by atoms with Gasteiger partial charge in [0.1, 0.15) is 5.75 Å². The molecule has 1 aromatic rings. The van der Waals surface area contributed by atoms with Crippen LogP contribution in [0.3, 0.4) is 0 Å². The minimum atomic E-state index is -0.352. The molecule has 0 fully saturated rings. The molecule has 126 valence electrons. The maximum absolute atomic E-state index is 11.8. The summed E-state index contributed by atoms with van der Waals surface area (Å²) in [6, 6.07) is 7.89. The van der Waals surface area contributed by atoms with Gasteiger partial charge in [-0.25, -0.2) is 4.79 Å². The van der Waals surface area contributed by atoms with Gasteiger partial charge in [0.25, 0.3) is 0 Å². The van der Waals surface area contributed by atoms with Gasteiger partial charge in [-0.05, 0) is 57.0 Å². The van der Waals surface area contributed by atoms with E-state index >= 15 is 0 Å². The van der Waals surface area contributed by atoms with Crippen molar-refractivity contribution in [2.24, 2.45) is 5.92 Å². The molecule has 1 rings (SSSR count). The SMILES string of the molecule is C/C=C/C=C/C(=O)Oc1cccc([C@@H](CC)[C@H](C)CN(C)C)c1. The minimum absolute atomic E-state index is 0.352. The van der Waals surface area contributed by atoms with E-state index in [-0.39, 0.29) is 5.97 Å². The summed E-state index contributed by atoms with van der Waals surface area (Å²) >= 11 is 0. The summed E-state index contributed by atoms with van der Waals surface area (Å²) in [5.41, 5.74) is 1.23. The largest absolute Gasteiger partial charge is 0.423 e. The van der Waals surface area contributed by atoms with Crippen LogP contribution in [0.4, 0.5) is 0 Å². The Bertz CT molecular complexity index is 546. The van der Waals surface area contributed by atoms with Gasteiger partial charge in [0, 0.05) is 12.6 Å². The van der Waals surface area contributed by atoms with Gasteiger partial charge in [0.15, 0.2) is 0 Å². The number of benzene rings is 1. The lowest BCUT2D eigenvalue weighted by Crippen LogP contribution is -2.24. The van der Waals surface area contributed by atoms with Crippen LogP contribution in [0.5, 0.6) is 5.75 Å². The molecule has 0 bridgehead atoms. The zero-order chi connectivity index (χ0) is 17.2. The predicted molar refractivity (Wildman–Crippen MR) is 96.8 cm³/mol. The van der Waals surface area contributed by atoms with Crippen molar-refractivity contribution in [1.82, 2.24) is 4.90 Å². The molecule has 0 heterocycles. The van der Waals surface area contributed by atoms with E-state index in [1.54, 1.807) is 12.2 Å². The lowest BCUT2D eigenvalue weighted by molar-refractivity contribution is -0.128. The number of rotatable bonds is 8. The molecule has 0 saturated carbocycles. The molecule has 0 amide bonds. The van der Waals surface area contributed by atoms with E-state index < -0.39 is 0 Å². The van der Waals surface area contributed by atoms with E-state index in [0.29, 0.717) is 17.6 Å². The number of hydrogen-bond donors (Lipinski definition) is 0. The molecule has 0 saturated heterocycles. The fraction of sp³-hybridized carbons (Fsp3) is 0.450. The lowest BCUT2D eigenvalue weighted by Gasteiger charge is -2.26. The van der Waals surface area contributed by atoms with Crippen molar-refractivity contribution >= 4 is 5.97 Å². The van der Waals surface area contributed by atoms with Crippen LogP contribution in [0, 0.1) is 5.92 Å². The normalized spacial score (nSPS) is 14.5. The smallest absolute Gasteiger partial charge is 0.336 e. The van der Waals surface area contributed by atoms with Crippen molar-refractivity contribution in [2.45, 2.75) is 33.1 Å². The standard InChI is InChI=1S/C20H29NO2/c1-6-8-9-13-20(22)23-18-12-10-11-17(14-18)19(7-2)16(3)15-21(4)5/h6,8-14,16,19H,7,15H2,1-5H3/b8-6+,13-9+/t16-,19+/m1/s1. The molecule has 0 unspecified atom stereocenters. The molecule has 23 heavy (non-hydrogen) atoms.